The number of rotatable bonds is 5. The van der Waals surface area contributed by atoms with Crippen LogP contribution in [0.2, 0.25) is 0 Å². The lowest BCUT2D eigenvalue weighted by Gasteiger charge is -2.39. The SMILES string of the molecule is Cc1cncc(CN2CCC(N(c3cc(C(F)(F)F)ncn3)C3CC3)CC2)n1. The van der Waals surface area contributed by atoms with Crippen LogP contribution >= 0.6 is 0 Å². The van der Waals surface area contributed by atoms with E-state index in [2.05, 4.69) is 29.7 Å². The molecule has 150 valence electrons. The summed E-state index contributed by atoms with van der Waals surface area (Å²) >= 11 is 0. The van der Waals surface area contributed by atoms with E-state index in [-0.39, 0.29) is 12.1 Å². The average molecular weight is 392 g/mol. The van der Waals surface area contributed by atoms with Crippen molar-refractivity contribution in [1.29, 1.82) is 0 Å². The van der Waals surface area contributed by atoms with E-state index in [1.807, 2.05) is 6.92 Å². The molecule has 2 fully saturated rings. The second-order valence-corrected chi connectivity index (χ2v) is 7.56. The molecule has 3 heterocycles. The molecule has 0 aromatic carbocycles. The van der Waals surface area contributed by atoms with Gasteiger partial charge in [0, 0.05) is 50.2 Å². The Morgan fingerprint density at radius 1 is 1.07 bits per heavy atom. The number of likely N-dealkylation sites (tertiary alicyclic amines) is 1. The minimum atomic E-state index is -4.45. The number of aryl methyl sites for hydroxylation is 1. The standard InChI is InChI=1S/C19H23F3N6/c1-13-9-23-10-14(26-13)11-27-6-4-16(5-7-27)28(15-2-3-15)18-8-17(19(20,21)22)24-12-25-18/h8-10,12,15-16H,2-7,11H2,1H3. The molecule has 0 N–H and O–H groups in total. The van der Waals surface area contributed by atoms with Gasteiger partial charge < -0.3 is 4.90 Å². The van der Waals surface area contributed by atoms with E-state index in [1.54, 1.807) is 12.4 Å². The van der Waals surface area contributed by atoms with Gasteiger partial charge in [-0.2, -0.15) is 13.2 Å². The fraction of sp³-hybridized carbons (Fsp3) is 0.579. The van der Waals surface area contributed by atoms with Crippen LogP contribution in [0.3, 0.4) is 0 Å². The van der Waals surface area contributed by atoms with Crippen molar-refractivity contribution in [3.8, 4) is 0 Å². The van der Waals surface area contributed by atoms with E-state index in [4.69, 9.17) is 0 Å². The highest BCUT2D eigenvalue weighted by atomic mass is 19.4. The monoisotopic (exact) mass is 392 g/mol. The van der Waals surface area contributed by atoms with Crippen molar-refractivity contribution in [3.05, 3.63) is 41.9 Å². The molecule has 0 amide bonds. The molecule has 4 rings (SSSR count). The number of hydrogen-bond acceptors (Lipinski definition) is 6. The third kappa shape index (κ3) is 4.40. The summed E-state index contributed by atoms with van der Waals surface area (Å²) in [5, 5.41) is 0. The van der Waals surface area contributed by atoms with Gasteiger partial charge in [0.2, 0.25) is 0 Å². The first-order valence-electron chi connectivity index (χ1n) is 9.57. The van der Waals surface area contributed by atoms with Crippen molar-refractivity contribution in [1.82, 2.24) is 24.8 Å². The van der Waals surface area contributed by atoms with Crippen LogP contribution in [0.15, 0.2) is 24.8 Å². The Balaban J connectivity index is 1.43. The van der Waals surface area contributed by atoms with Crippen molar-refractivity contribution < 1.29 is 13.2 Å². The summed E-state index contributed by atoms with van der Waals surface area (Å²) in [7, 11) is 0. The van der Waals surface area contributed by atoms with Crippen LogP contribution in [-0.4, -0.2) is 50.0 Å². The van der Waals surface area contributed by atoms with Gasteiger partial charge in [0.25, 0.3) is 0 Å². The van der Waals surface area contributed by atoms with E-state index in [0.717, 1.165) is 69.1 Å². The lowest BCUT2D eigenvalue weighted by Crippen LogP contribution is -2.46. The summed E-state index contributed by atoms with van der Waals surface area (Å²) in [6.45, 7) is 4.42. The van der Waals surface area contributed by atoms with Crippen molar-refractivity contribution in [2.45, 2.75) is 57.4 Å². The third-order valence-electron chi connectivity index (χ3n) is 5.29. The van der Waals surface area contributed by atoms with E-state index in [0.29, 0.717) is 5.82 Å². The molecule has 1 aliphatic heterocycles. The van der Waals surface area contributed by atoms with Crippen LogP contribution in [0.4, 0.5) is 19.0 Å². The van der Waals surface area contributed by atoms with Crippen LogP contribution in [0.25, 0.3) is 0 Å². The highest BCUT2D eigenvalue weighted by Crippen LogP contribution is 2.37. The minimum Gasteiger partial charge on any atom is -0.350 e. The highest BCUT2D eigenvalue weighted by Gasteiger charge is 2.38. The summed E-state index contributed by atoms with van der Waals surface area (Å²) in [5.41, 5.74) is 0.971. The molecular formula is C19H23F3N6. The van der Waals surface area contributed by atoms with E-state index < -0.39 is 11.9 Å². The molecule has 0 bridgehead atoms. The van der Waals surface area contributed by atoms with Crippen LogP contribution in [0.1, 0.15) is 42.8 Å². The molecule has 9 heteroatoms. The molecule has 1 saturated carbocycles. The fourth-order valence-electron chi connectivity index (χ4n) is 3.84. The van der Waals surface area contributed by atoms with Gasteiger partial charge in [-0.1, -0.05) is 0 Å². The summed E-state index contributed by atoms with van der Waals surface area (Å²) in [4.78, 5) is 20.7. The molecular weight excluding hydrogens is 369 g/mol. The number of nitrogens with zero attached hydrogens (tertiary/aromatic N) is 6. The molecule has 2 aliphatic rings. The van der Waals surface area contributed by atoms with Crippen LogP contribution in [-0.2, 0) is 12.7 Å². The molecule has 2 aromatic heterocycles. The summed E-state index contributed by atoms with van der Waals surface area (Å²) < 4.78 is 39.2. The van der Waals surface area contributed by atoms with Gasteiger partial charge in [-0.25, -0.2) is 9.97 Å². The first-order chi connectivity index (χ1) is 13.4. The maximum absolute atomic E-state index is 13.1. The smallest absolute Gasteiger partial charge is 0.350 e. The fourth-order valence-corrected chi connectivity index (χ4v) is 3.84. The molecule has 0 unspecified atom stereocenters. The summed E-state index contributed by atoms with van der Waals surface area (Å²) in [5.74, 6) is 0.396. The zero-order valence-electron chi connectivity index (χ0n) is 15.7. The first-order valence-corrected chi connectivity index (χ1v) is 9.57. The van der Waals surface area contributed by atoms with Crippen LogP contribution in [0.5, 0.6) is 0 Å². The van der Waals surface area contributed by atoms with E-state index >= 15 is 0 Å². The lowest BCUT2D eigenvalue weighted by molar-refractivity contribution is -0.141. The number of piperidine rings is 1. The number of anilines is 1. The van der Waals surface area contributed by atoms with Gasteiger partial charge in [0.05, 0.1) is 11.4 Å². The number of aromatic nitrogens is 4. The Labute approximate surface area is 161 Å². The summed E-state index contributed by atoms with van der Waals surface area (Å²) in [6, 6.07) is 1.58. The van der Waals surface area contributed by atoms with Crippen LogP contribution < -0.4 is 4.90 Å². The molecule has 1 saturated heterocycles. The van der Waals surface area contributed by atoms with Gasteiger partial charge in [0.1, 0.15) is 17.8 Å². The van der Waals surface area contributed by atoms with Crippen molar-refractivity contribution in [2.75, 3.05) is 18.0 Å². The normalized spacial score (nSPS) is 19.0. The molecule has 6 nitrogen and oxygen atoms in total. The minimum absolute atomic E-state index is 0.198. The summed E-state index contributed by atoms with van der Waals surface area (Å²) in [6.07, 6.45) is 3.89. The zero-order valence-corrected chi connectivity index (χ0v) is 15.7. The largest absolute Gasteiger partial charge is 0.433 e. The van der Waals surface area contributed by atoms with E-state index in [9.17, 15) is 13.2 Å². The molecule has 1 aliphatic carbocycles. The van der Waals surface area contributed by atoms with Crippen molar-refractivity contribution in [2.24, 2.45) is 0 Å². The molecule has 0 radical (unpaired) electrons. The van der Waals surface area contributed by atoms with Gasteiger partial charge in [0.15, 0.2) is 0 Å². The second kappa shape index (κ2) is 7.62. The van der Waals surface area contributed by atoms with E-state index in [1.165, 1.54) is 0 Å². The Morgan fingerprint density at radius 3 is 2.43 bits per heavy atom. The topological polar surface area (TPSA) is 58.0 Å². The highest BCUT2D eigenvalue weighted by molar-refractivity contribution is 5.44. The first kappa shape index (κ1) is 19.0. The van der Waals surface area contributed by atoms with Gasteiger partial charge in [-0.15, -0.1) is 0 Å². The quantitative estimate of drug-likeness (QED) is 0.779. The van der Waals surface area contributed by atoms with Gasteiger partial charge >= 0.3 is 6.18 Å². The zero-order chi connectivity index (χ0) is 19.7. The Kier molecular flexibility index (Phi) is 5.18. The second-order valence-electron chi connectivity index (χ2n) is 7.56. The Hall–Kier alpha value is -2.29. The lowest BCUT2D eigenvalue weighted by atomic mass is 10.0. The average Bonchev–Trinajstić information content (AvgIpc) is 3.48. The maximum Gasteiger partial charge on any atom is 0.433 e. The molecule has 0 atom stereocenters. The number of alkyl halides is 3. The third-order valence-corrected chi connectivity index (χ3v) is 5.29. The maximum atomic E-state index is 13.1. The molecule has 0 spiro atoms. The predicted molar refractivity (Wildman–Crippen MR) is 97.6 cm³/mol. The molecule has 28 heavy (non-hydrogen) atoms. The Morgan fingerprint density at radius 2 is 1.79 bits per heavy atom. The Bertz CT molecular complexity index is 815. The van der Waals surface area contributed by atoms with Gasteiger partial charge in [-0.3, -0.25) is 14.9 Å². The number of hydrogen-bond donors (Lipinski definition) is 0. The van der Waals surface area contributed by atoms with Crippen molar-refractivity contribution in [3.63, 3.8) is 0 Å². The predicted octanol–water partition coefficient (Wildman–Crippen LogP) is 3.23. The van der Waals surface area contributed by atoms with Gasteiger partial charge in [-0.05, 0) is 32.6 Å². The van der Waals surface area contributed by atoms with Crippen molar-refractivity contribution >= 4 is 5.82 Å². The number of halogens is 3. The van der Waals surface area contributed by atoms with Crippen LogP contribution in [0, 0.1) is 6.92 Å². The molecule has 2 aromatic rings.